The summed E-state index contributed by atoms with van der Waals surface area (Å²) in [7, 11) is 3.48. The average molecular weight is 506 g/mol. The highest BCUT2D eigenvalue weighted by Crippen LogP contribution is 2.36. The number of hydrogen-bond donors (Lipinski definition) is 0. The molecule has 196 valence electrons. The topological polar surface area (TPSA) is 89.7 Å². The largest absolute Gasteiger partial charge is 0.442 e. The lowest BCUT2D eigenvalue weighted by Crippen LogP contribution is -2.44. The maximum Gasteiger partial charge on any atom is 0.435 e. The molecule has 1 aromatic carbocycles. The van der Waals surface area contributed by atoms with Crippen LogP contribution in [0.4, 0.5) is 4.79 Å². The van der Waals surface area contributed by atoms with E-state index in [1.54, 1.807) is 25.2 Å². The van der Waals surface area contributed by atoms with Crippen LogP contribution in [0.3, 0.4) is 0 Å². The van der Waals surface area contributed by atoms with Crippen molar-refractivity contribution in [2.24, 2.45) is 0 Å². The summed E-state index contributed by atoms with van der Waals surface area (Å²) < 4.78 is 8.66. The van der Waals surface area contributed by atoms with Gasteiger partial charge in [-0.25, -0.2) is 4.79 Å². The molecule has 3 aromatic rings. The van der Waals surface area contributed by atoms with Gasteiger partial charge in [0.15, 0.2) is 0 Å². The summed E-state index contributed by atoms with van der Waals surface area (Å²) in [5, 5.41) is 5.34. The number of benzene rings is 1. The van der Waals surface area contributed by atoms with Gasteiger partial charge in [0, 0.05) is 55.0 Å². The highest BCUT2D eigenvalue weighted by atomic mass is 16.6. The third kappa shape index (κ3) is 5.12. The van der Waals surface area contributed by atoms with Crippen LogP contribution in [0, 0.1) is 0 Å². The second kappa shape index (κ2) is 9.36. The van der Waals surface area contributed by atoms with Gasteiger partial charge in [0.1, 0.15) is 12.1 Å². The normalized spacial score (nSPS) is 17.4. The molecular weight excluding hydrogens is 470 g/mol. The summed E-state index contributed by atoms with van der Waals surface area (Å²) >= 11 is 0. The molecule has 1 saturated carbocycles. The van der Waals surface area contributed by atoms with Crippen LogP contribution in [0.25, 0.3) is 10.9 Å². The Labute approximate surface area is 217 Å². The highest BCUT2D eigenvalue weighted by Gasteiger charge is 2.40. The van der Waals surface area contributed by atoms with Gasteiger partial charge in [0.2, 0.25) is 5.91 Å². The smallest absolute Gasteiger partial charge is 0.435 e. The molecule has 1 atom stereocenters. The number of aryl methyl sites for hydroxylation is 1. The zero-order chi connectivity index (χ0) is 26.5. The molecule has 0 aliphatic heterocycles. The van der Waals surface area contributed by atoms with Crippen LogP contribution in [-0.4, -0.2) is 73.8 Å². The van der Waals surface area contributed by atoms with Gasteiger partial charge < -0.3 is 19.1 Å². The van der Waals surface area contributed by atoms with Gasteiger partial charge >= 0.3 is 6.09 Å². The van der Waals surface area contributed by atoms with Crippen LogP contribution < -0.4 is 0 Å². The monoisotopic (exact) mass is 505 g/mol. The fourth-order valence-corrected chi connectivity index (χ4v) is 5.08. The molecule has 1 fully saturated rings. The molecule has 0 saturated heterocycles. The van der Waals surface area contributed by atoms with Crippen molar-refractivity contribution in [2.75, 3.05) is 14.1 Å². The lowest BCUT2D eigenvalue weighted by Gasteiger charge is -2.34. The second-order valence-corrected chi connectivity index (χ2v) is 11.3. The van der Waals surface area contributed by atoms with Crippen LogP contribution in [0.5, 0.6) is 0 Å². The van der Waals surface area contributed by atoms with E-state index in [0.29, 0.717) is 18.4 Å². The highest BCUT2D eigenvalue weighted by molar-refractivity contribution is 6.07. The quantitative estimate of drug-likeness (QED) is 0.525. The first-order chi connectivity index (χ1) is 17.5. The minimum absolute atomic E-state index is 0.00113. The summed E-state index contributed by atoms with van der Waals surface area (Å²) in [6.07, 6.45) is 7.32. The van der Waals surface area contributed by atoms with Crippen molar-refractivity contribution >= 4 is 28.8 Å². The van der Waals surface area contributed by atoms with E-state index in [1.807, 2.05) is 55.8 Å². The van der Waals surface area contributed by atoms with Crippen molar-refractivity contribution < 1.29 is 19.1 Å². The first-order valence-electron chi connectivity index (χ1n) is 12.9. The van der Waals surface area contributed by atoms with E-state index in [9.17, 15) is 14.4 Å². The van der Waals surface area contributed by atoms with Crippen molar-refractivity contribution in [2.45, 2.75) is 77.1 Å². The van der Waals surface area contributed by atoms with E-state index in [1.165, 1.54) is 4.68 Å². The van der Waals surface area contributed by atoms with Gasteiger partial charge in [0.05, 0.1) is 5.69 Å². The van der Waals surface area contributed by atoms with E-state index < -0.39 is 11.7 Å². The van der Waals surface area contributed by atoms with E-state index in [4.69, 9.17) is 4.74 Å². The van der Waals surface area contributed by atoms with Gasteiger partial charge in [-0.05, 0) is 76.6 Å². The zero-order valence-electron chi connectivity index (χ0n) is 22.2. The summed E-state index contributed by atoms with van der Waals surface area (Å²) in [4.78, 5) is 42.5. The van der Waals surface area contributed by atoms with E-state index in [-0.39, 0.29) is 30.4 Å². The fourth-order valence-electron chi connectivity index (χ4n) is 5.08. The van der Waals surface area contributed by atoms with Gasteiger partial charge in [-0.1, -0.05) is 6.07 Å². The van der Waals surface area contributed by atoms with Crippen LogP contribution in [0.2, 0.25) is 0 Å². The molecule has 2 amide bonds. The van der Waals surface area contributed by atoms with Crippen LogP contribution >= 0.6 is 0 Å². The van der Waals surface area contributed by atoms with Crippen molar-refractivity contribution in [3.05, 3.63) is 53.5 Å². The number of carbonyl (C=O) groups excluding carboxylic acids is 3. The molecule has 2 aliphatic rings. The van der Waals surface area contributed by atoms with Gasteiger partial charge in [-0.3, -0.25) is 9.59 Å². The van der Waals surface area contributed by atoms with Crippen molar-refractivity contribution in [1.29, 1.82) is 0 Å². The average Bonchev–Trinajstić information content (AvgIpc) is 3.42. The maximum atomic E-state index is 14.0. The number of likely N-dealkylation sites (N-methyl/N-ethyl adjacent to an activating group) is 1. The molecule has 2 heterocycles. The minimum Gasteiger partial charge on any atom is -0.442 e. The number of ether oxygens (including phenoxy) is 1. The van der Waals surface area contributed by atoms with E-state index >= 15 is 0 Å². The third-order valence-electron chi connectivity index (χ3n) is 7.04. The van der Waals surface area contributed by atoms with Crippen molar-refractivity contribution in [3.63, 3.8) is 0 Å². The lowest BCUT2D eigenvalue weighted by molar-refractivity contribution is -0.129. The van der Waals surface area contributed by atoms with Crippen LogP contribution in [0.1, 0.15) is 61.6 Å². The number of nitrogens with zero attached hydrogens (tertiary/aromatic N) is 5. The Hall–Kier alpha value is -3.62. The standard InChI is InChI=1S/C28H35N5O4/c1-28(2,3)37-27(36)32-16-18-15-20(11-12-23(18)29-32)33(19-9-10-19)26(35)22-7-6-8-24-21(22)13-14-31(24)17-25(34)30(4)5/h6-8,13-14,16,19-20H,9-12,15,17H2,1-5H3. The molecule has 5 rings (SSSR count). The Morgan fingerprint density at radius 3 is 2.51 bits per heavy atom. The first kappa shape index (κ1) is 25.0. The molecule has 0 bridgehead atoms. The predicted molar refractivity (Wildman–Crippen MR) is 139 cm³/mol. The molecule has 37 heavy (non-hydrogen) atoms. The number of rotatable bonds is 5. The number of amides is 2. The zero-order valence-corrected chi connectivity index (χ0v) is 22.2. The summed E-state index contributed by atoms with van der Waals surface area (Å²) in [6.45, 7) is 5.72. The van der Waals surface area contributed by atoms with Crippen LogP contribution in [-0.2, 0) is 28.9 Å². The molecule has 1 unspecified atom stereocenters. The van der Waals surface area contributed by atoms with Crippen molar-refractivity contribution in [1.82, 2.24) is 24.1 Å². The Kier molecular flexibility index (Phi) is 6.33. The van der Waals surface area contributed by atoms with Gasteiger partial charge in [0.25, 0.3) is 5.91 Å². The predicted octanol–water partition coefficient (Wildman–Crippen LogP) is 3.87. The number of hydrogen-bond acceptors (Lipinski definition) is 5. The Balaban J connectivity index is 1.39. The SMILES string of the molecule is CN(C)C(=O)Cn1ccc2c(C(=O)N(C3CC3)C3CCc4nn(C(=O)OC(C)(C)C)cc4C3)cccc21. The number of aromatic nitrogens is 3. The minimum atomic E-state index is -0.596. The van der Waals surface area contributed by atoms with Crippen LogP contribution in [0.15, 0.2) is 36.7 Å². The number of fused-ring (bicyclic) bond motifs is 2. The molecule has 9 nitrogen and oxygen atoms in total. The fraction of sp³-hybridized carbons (Fsp3) is 0.500. The van der Waals surface area contributed by atoms with E-state index in [2.05, 4.69) is 10.00 Å². The first-order valence-corrected chi connectivity index (χ1v) is 12.9. The lowest BCUT2D eigenvalue weighted by atomic mass is 9.91. The molecule has 0 spiro atoms. The molecule has 0 N–H and O–H groups in total. The maximum absolute atomic E-state index is 14.0. The molecule has 2 aromatic heterocycles. The molecule has 9 heteroatoms. The second-order valence-electron chi connectivity index (χ2n) is 11.3. The Morgan fingerprint density at radius 2 is 1.84 bits per heavy atom. The summed E-state index contributed by atoms with van der Waals surface area (Å²) in [5.41, 5.74) is 2.83. The summed E-state index contributed by atoms with van der Waals surface area (Å²) in [5.74, 6) is 0.0246. The Bertz CT molecular complexity index is 1360. The van der Waals surface area contributed by atoms with E-state index in [0.717, 1.165) is 41.4 Å². The van der Waals surface area contributed by atoms with Gasteiger partial charge in [-0.15, -0.1) is 0 Å². The molecule has 0 radical (unpaired) electrons. The number of carbonyl (C=O) groups is 3. The van der Waals surface area contributed by atoms with Crippen molar-refractivity contribution in [3.8, 4) is 0 Å². The Morgan fingerprint density at radius 1 is 1.08 bits per heavy atom. The van der Waals surface area contributed by atoms with Gasteiger partial charge in [-0.2, -0.15) is 9.78 Å². The molecule has 2 aliphatic carbocycles. The molecular formula is C28H35N5O4. The third-order valence-corrected chi connectivity index (χ3v) is 7.04. The summed E-state index contributed by atoms with van der Waals surface area (Å²) in [6, 6.07) is 7.92.